The number of piperidine rings is 1. The molecule has 1 aliphatic heterocycles. The fraction of sp³-hybridized carbons (Fsp3) is 0.455. The third-order valence-electron chi connectivity index (χ3n) is 3.51. The molecule has 17 heavy (non-hydrogen) atoms. The molecular formula is C11H9F3N2O. The standard InChI is InChI=1S/C11H9F3N2O/c12-10-6(5-17)1-2-9(15-10)16-3-7-8(4-16)11(7,13)14/h1-2,5,7-8H,3-4H2. The van der Waals surface area contributed by atoms with Gasteiger partial charge in [0, 0.05) is 13.1 Å². The number of carbonyl (C=O) groups excluding carboxylic acids is 1. The van der Waals surface area contributed by atoms with Crippen molar-refractivity contribution >= 4 is 12.1 Å². The van der Waals surface area contributed by atoms with Gasteiger partial charge in [0.25, 0.3) is 5.92 Å². The van der Waals surface area contributed by atoms with Crippen LogP contribution in [-0.2, 0) is 0 Å². The average Bonchev–Trinajstić information content (AvgIpc) is 2.70. The molecule has 0 spiro atoms. The van der Waals surface area contributed by atoms with Crippen LogP contribution in [0.3, 0.4) is 0 Å². The number of rotatable bonds is 2. The number of pyridine rings is 1. The molecule has 0 amide bonds. The van der Waals surface area contributed by atoms with Gasteiger partial charge in [0.05, 0.1) is 17.4 Å². The van der Waals surface area contributed by atoms with Gasteiger partial charge in [-0.15, -0.1) is 0 Å². The normalized spacial score (nSPS) is 29.0. The second-order valence-corrected chi connectivity index (χ2v) is 4.46. The predicted octanol–water partition coefficient (Wildman–Crippen LogP) is 1.73. The van der Waals surface area contributed by atoms with E-state index in [2.05, 4.69) is 4.98 Å². The molecule has 3 nitrogen and oxygen atoms in total. The van der Waals surface area contributed by atoms with E-state index in [0.29, 0.717) is 12.1 Å². The molecule has 2 fully saturated rings. The minimum Gasteiger partial charge on any atom is -0.355 e. The molecule has 1 aliphatic carbocycles. The van der Waals surface area contributed by atoms with Crippen molar-refractivity contribution in [3.63, 3.8) is 0 Å². The fourth-order valence-corrected chi connectivity index (χ4v) is 2.39. The molecule has 90 valence electrons. The molecule has 0 N–H and O–H groups in total. The van der Waals surface area contributed by atoms with Crippen molar-refractivity contribution in [2.45, 2.75) is 5.92 Å². The summed E-state index contributed by atoms with van der Waals surface area (Å²) in [4.78, 5) is 15.7. The number of fused-ring (bicyclic) bond motifs is 1. The van der Waals surface area contributed by atoms with Crippen LogP contribution in [0.2, 0.25) is 0 Å². The van der Waals surface area contributed by atoms with E-state index in [1.165, 1.54) is 12.1 Å². The number of aldehydes is 1. The van der Waals surface area contributed by atoms with Gasteiger partial charge in [-0.25, -0.2) is 13.8 Å². The molecule has 2 heterocycles. The SMILES string of the molecule is O=Cc1ccc(N2CC3C(C2)C3(F)F)nc1F. The van der Waals surface area contributed by atoms with Gasteiger partial charge in [-0.2, -0.15) is 4.39 Å². The topological polar surface area (TPSA) is 33.2 Å². The Morgan fingerprint density at radius 1 is 1.35 bits per heavy atom. The maximum absolute atomic E-state index is 13.2. The van der Waals surface area contributed by atoms with Gasteiger partial charge in [0.2, 0.25) is 5.95 Å². The van der Waals surface area contributed by atoms with Gasteiger partial charge in [0.15, 0.2) is 6.29 Å². The summed E-state index contributed by atoms with van der Waals surface area (Å²) < 4.78 is 39.2. The molecule has 0 radical (unpaired) electrons. The summed E-state index contributed by atoms with van der Waals surface area (Å²) in [5.74, 6) is -4.35. The minimum atomic E-state index is -2.56. The molecule has 2 aliphatic rings. The number of alkyl halides is 2. The summed E-state index contributed by atoms with van der Waals surface area (Å²) in [7, 11) is 0. The Morgan fingerprint density at radius 3 is 2.53 bits per heavy atom. The van der Waals surface area contributed by atoms with E-state index in [1.54, 1.807) is 4.90 Å². The van der Waals surface area contributed by atoms with E-state index in [-0.39, 0.29) is 18.7 Å². The third kappa shape index (κ3) is 1.43. The molecule has 0 aromatic carbocycles. The molecule has 3 rings (SSSR count). The van der Waals surface area contributed by atoms with Crippen LogP contribution in [0, 0.1) is 17.8 Å². The van der Waals surface area contributed by atoms with Gasteiger partial charge in [-0.3, -0.25) is 4.79 Å². The summed E-state index contributed by atoms with van der Waals surface area (Å²) in [5.41, 5.74) is -0.122. The lowest BCUT2D eigenvalue weighted by Crippen LogP contribution is -2.28. The predicted molar refractivity (Wildman–Crippen MR) is 53.7 cm³/mol. The van der Waals surface area contributed by atoms with E-state index in [4.69, 9.17) is 0 Å². The molecule has 2 atom stereocenters. The first-order valence-corrected chi connectivity index (χ1v) is 5.28. The molecule has 6 heteroatoms. The average molecular weight is 242 g/mol. The first-order valence-electron chi connectivity index (χ1n) is 5.28. The van der Waals surface area contributed by atoms with Crippen molar-refractivity contribution in [2.75, 3.05) is 18.0 Å². The van der Waals surface area contributed by atoms with Crippen LogP contribution in [0.5, 0.6) is 0 Å². The Morgan fingerprint density at radius 2 is 2.00 bits per heavy atom. The Bertz CT molecular complexity index is 478. The fourth-order valence-electron chi connectivity index (χ4n) is 2.39. The Labute approximate surface area is 95.2 Å². The first kappa shape index (κ1) is 10.6. The van der Waals surface area contributed by atoms with E-state index >= 15 is 0 Å². The minimum absolute atomic E-state index is 0.122. The van der Waals surface area contributed by atoms with E-state index < -0.39 is 23.7 Å². The third-order valence-corrected chi connectivity index (χ3v) is 3.51. The van der Waals surface area contributed by atoms with E-state index in [9.17, 15) is 18.0 Å². The van der Waals surface area contributed by atoms with Gasteiger partial charge >= 0.3 is 0 Å². The molecule has 1 aromatic heterocycles. The summed E-state index contributed by atoms with van der Waals surface area (Å²) in [6.45, 7) is 0.398. The molecular weight excluding hydrogens is 233 g/mol. The van der Waals surface area contributed by atoms with Gasteiger partial charge in [0.1, 0.15) is 5.82 Å². The number of anilines is 1. The molecule has 1 saturated carbocycles. The Kier molecular flexibility index (Phi) is 1.99. The highest BCUT2D eigenvalue weighted by Gasteiger charge is 2.71. The lowest BCUT2D eigenvalue weighted by Gasteiger charge is -2.20. The van der Waals surface area contributed by atoms with Crippen LogP contribution in [-0.4, -0.2) is 30.3 Å². The second-order valence-electron chi connectivity index (χ2n) is 4.46. The van der Waals surface area contributed by atoms with Crippen LogP contribution in [0.1, 0.15) is 10.4 Å². The number of hydrogen-bond donors (Lipinski definition) is 0. The highest BCUT2D eigenvalue weighted by atomic mass is 19.3. The molecule has 1 saturated heterocycles. The smallest absolute Gasteiger partial charge is 0.258 e. The zero-order valence-electron chi connectivity index (χ0n) is 8.74. The number of aromatic nitrogens is 1. The highest BCUT2D eigenvalue weighted by Crippen LogP contribution is 2.59. The largest absolute Gasteiger partial charge is 0.355 e. The second kappa shape index (κ2) is 3.21. The number of hydrogen-bond acceptors (Lipinski definition) is 3. The molecule has 1 aromatic rings. The van der Waals surface area contributed by atoms with Crippen molar-refractivity contribution in [1.82, 2.24) is 4.98 Å². The quantitative estimate of drug-likeness (QED) is 0.585. The van der Waals surface area contributed by atoms with Crippen LogP contribution in [0.25, 0.3) is 0 Å². The Balaban J connectivity index is 1.79. The highest BCUT2D eigenvalue weighted by molar-refractivity contribution is 5.75. The molecule has 2 unspecified atom stereocenters. The summed E-state index contributed by atoms with van der Waals surface area (Å²) in [6, 6.07) is 2.79. The maximum Gasteiger partial charge on any atom is 0.258 e. The van der Waals surface area contributed by atoms with Crippen LogP contribution in [0.15, 0.2) is 12.1 Å². The van der Waals surface area contributed by atoms with Gasteiger partial charge in [-0.05, 0) is 12.1 Å². The zero-order valence-corrected chi connectivity index (χ0v) is 8.74. The van der Waals surface area contributed by atoms with E-state index in [0.717, 1.165) is 0 Å². The van der Waals surface area contributed by atoms with Gasteiger partial charge in [-0.1, -0.05) is 0 Å². The van der Waals surface area contributed by atoms with Crippen LogP contribution >= 0.6 is 0 Å². The van der Waals surface area contributed by atoms with Crippen molar-refractivity contribution in [3.8, 4) is 0 Å². The lowest BCUT2D eigenvalue weighted by molar-refractivity contribution is 0.0797. The maximum atomic E-state index is 13.2. The van der Waals surface area contributed by atoms with Crippen LogP contribution in [0.4, 0.5) is 19.0 Å². The zero-order chi connectivity index (χ0) is 12.2. The van der Waals surface area contributed by atoms with Crippen molar-refractivity contribution < 1.29 is 18.0 Å². The van der Waals surface area contributed by atoms with Crippen molar-refractivity contribution in [3.05, 3.63) is 23.6 Å². The van der Waals surface area contributed by atoms with Crippen LogP contribution < -0.4 is 4.90 Å². The molecule has 0 bridgehead atoms. The van der Waals surface area contributed by atoms with Crippen molar-refractivity contribution in [1.29, 1.82) is 0 Å². The summed E-state index contributed by atoms with van der Waals surface area (Å²) in [5, 5.41) is 0. The Hall–Kier alpha value is -1.59. The summed E-state index contributed by atoms with van der Waals surface area (Å²) in [6.07, 6.45) is 0.377. The van der Waals surface area contributed by atoms with Crippen molar-refractivity contribution in [2.24, 2.45) is 11.8 Å². The number of halogens is 3. The monoisotopic (exact) mass is 242 g/mol. The van der Waals surface area contributed by atoms with E-state index in [1.807, 2.05) is 0 Å². The first-order chi connectivity index (χ1) is 8.04. The summed E-state index contributed by atoms with van der Waals surface area (Å²) >= 11 is 0. The lowest BCUT2D eigenvalue weighted by atomic mass is 10.3. The number of carbonyl (C=O) groups is 1. The van der Waals surface area contributed by atoms with Gasteiger partial charge < -0.3 is 4.90 Å². The number of nitrogens with zero attached hydrogens (tertiary/aromatic N) is 2.